The fourth-order valence-electron chi connectivity index (χ4n) is 4.82. The first kappa shape index (κ1) is 28.9. The quantitative estimate of drug-likeness (QED) is 0.107. The minimum Gasteiger partial charge on any atom is -0.394 e. The smallest absolute Gasteiger partial charge is 0.277 e. The van der Waals surface area contributed by atoms with Gasteiger partial charge in [-0.3, -0.25) is 29.4 Å². The van der Waals surface area contributed by atoms with E-state index in [1.54, 1.807) is 12.1 Å². The third kappa shape index (κ3) is 5.90. The zero-order valence-electron chi connectivity index (χ0n) is 21.1. The minimum atomic E-state index is -1.33. The number of rotatable bonds is 11. The van der Waals surface area contributed by atoms with Crippen LogP contribution in [-0.4, -0.2) is 105 Å². The number of nitro benzene ring substituents is 1. The summed E-state index contributed by atoms with van der Waals surface area (Å²) in [6, 6.07) is 6.46. The van der Waals surface area contributed by atoms with Crippen molar-refractivity contribution in [3.63, 3.8) is 0 Å². The molecule has 4 rings (SSSR count). The van der Waals surface area contributed by atoms with Gasteiger partial charge in [0.1, 0.15) is 23.7 Å². The van der Waals surface area contributed by atoms with E-state index in [-0.39, 0.29) is 34.7 Å². The number of nitro groups is 1. The fraction of sp³-hybridized carbons (Fsp3) is 0.480. The van der Waals surface area contributed by atoms with E-state index in [9.17, 15) is 39.8 Å². The molecule has 1 fully saturated rings. The van der Waals surface area contributed by atoms with E-state index < -0.39 is 53.1 Å². The molecule has 3 amide bonds. The predicted molar refractivity (Wildman–Crippen MR) is 141 cm³/mol. The average Bonchev–Trinajstić information content (AvgIpc) is 2.91. The lowest BCUT2D eigenvalue weighted by atomic mass is 9.93. The van der Waals surface area contributed by atoms with Crippen LogP contribution in [0.5, 0.6) is 0 Å². The molecule has 0 unspecified atom stereocenters. The van der Waals surface area contributed by atoms with Crippen LogP contribution < -0.4 is 10.6 Å². The summed E-state index contributed by atoms with van der Waals surface area (Å²) < 4.78 is 5.68. The van der Waals surface area contributed by atoms with Crippen molar-refractivity contribution in [3.05, 3.63) is 51.6 Å². The topological polar surface area (TPSA) is 192 Å². The number of aliphatic hydroxyl groups excluding tert-OH is 3. The van der Waals surface area contributed by atoms with E-state index in [1.807, 2.05) is 0 Å². The van der Waals surface area contributed by atoms with Crippen molar-refractivity contribution < 1.29 is 39.4 Å². The number of nitrogens with one attached hydrogen (secondary N) is 2. The van der Waals surface area contributed by atoms with Crippen molar-refractivity contribution in [1.82, 2.24) is 15.5 Å². The highest BCUT2D eigenvalue weighted by molar-refractivity contribution is 7.99. The first-order valence-electron chi connectivity index (χ1n) is 12.4. The molecule has 2 aromatic rings. The third-order valence-corrected chi connectivity index (χ3v) is 7.97. The number of ether oxygens (including phenoxy) is 1. The van der Waals surface area contributed by atoms with Gasteiger partial charge in [-0.25, -0.2) is 0 Å². The summed E-state index contributed by atoms with van der Waals surface area (Å²) in [6.07, 6.45) is -2.95. The Balaban J connectivity index is 1.28. The second-order valence-electron chi connectivity index (χ2n) is 9.29. The number of amides is 3. The monoisotopic (exact) mass is 562 g/mol. The Morgan fingerprint density at radius 2 is 1.85 bits per heavy atom. The minimum absolute atomic E-state index is 0.107. The number of aliphatic hydroxyl groups is 3. The molecule has 5 N–H and O–H groups in total. The molecule has 2 aliphatic heterocycles. The number of non-ortho nitro benzene ring substituents is 1. The van der Waals surface area contributed by atoms with Crippen molar-refractivity contribution in [2.45, 2.75) is 43.1 Å². The summed E-state index contributed by atoms with van der Waals surface area (Å²) in [5, 5.41) is 47.6. The molecular weight excluding hydrogens is 532 g/mol. The highest BCUT2D eigenvalue weighted by atomic mass is 32.2. The molecular formula is C25H30N4O9S. The van der Waals surface area contributed by atoms with Gasteiger partial charge in [-0.2, -0.15) is 0 Å². The Morgan fingerprint density at radius 1 is 1.13 bits per heavy atom. The normalized spacial score (nSPS) is 24.7. The van der Waals surface area contributed by atoms with Gasteiger partial charge >= 0.3 is 0 Å². The van der Waals surface area contributed by atoms with E-state index in [1.165, 1.54) is 36.9 Å². The predicted octanol–water partition coefficient (Wildman–Crippen LogP) is 0.000600. The van der Waals surface area contributed by atoms with Crippen molar-refractivity contribution >= 4 is 45.9 Å². The number of carbonyl (C=O) groups is 3. The van der Waals surface area contributed by atoms with Gasteiger partial charge in [-0.15, -0.1) is 11.8 Å². The second kappa shape index (κ2) is 12.4. The maximum absolute atomic E-state index is 13.0. The summed E-state index contributed by atoms with van der Waals surface area (Å²) in [7, 11) is 0. The van der Waals surface area contributed by atoms with Crippen molar-refractivity contribution in [3.8, 4) is 0 Å². The number of carbonyl (C=O) groups excluding carboxylic acids is 3. The molecule has 0 spiro atoms. The lowest BCUT2D eigenvalue weighted by Crippen LogP contribution is -2.63. The first-order chi connectivity index (χ1) is 18.6. The number of nitrogens with zero attached hydrogens (tertiary/aromatic N) is 2. The number of hydrogen-bond acceptors (Lipinski definition) is 11. The zero-order chi connectivity index (χ0) is 28.3. The molecule has 5 atom stereocenters. The number of benzene rings is 2. The van der Waals surface area contributed by atoms with Crippen molar-refractivity contribution in [1.29, 1.82) is 0 Å². The van der Waals surface area contributed by atoms with Crippen LogP contribution in [0.25, 0.3) is 10.8 Å². The molecule has 2 heterocycles. The van der Waals surface area contributed by atoms with Crippen LogP contribution >= 0.6 is 11.8 Å². The van der Waals surface area contributed by atoms with Crippen LogP contribution in [0.1, 0.15) is 34.1 Å². The molecule has 0 saturated carbocycles. The summed E-state index contributed by atoms with van der Waals surface area (Å²) in [6.45, 7) is 1.79. The molecule has 1 saturated heterocycles. The van der Waals surface area contributed by atoms with Gasteiger partial charge in [0.05, 0.1) is 23.0 Å². The lowest BCUT2D eigenvalue weighted by Gasteiger charge is -2.42. The van der Waals surface area contributed by atoms with Crippen molar-refractivity contribution in [2.75, 3.05) is 32.0 Å². The van der Waals surface area contributed by atoms with E-state index in [0.29, 0.717) is 30.6 Å². The van der Waals surface area contributed by atoms with E-state index in [2.05, 4.69) is 10.6 Å². The molecule has 0 radical (unpaired) electrons. The molecule has 0 aromatic heterocycles. The first-order valence-corrected chi connectivity index (χ1v) is 13.5. The largest absolute Gasteiger partial charge is 0.394 e. The van der Waals surface area contributed by atoms with Gasteiger partial charge in [0, 0.05) is 42.6 Å². The third-order valence-electron chi connectivity index (χ3n) is 6.71. The van der Waals surface area contributed by atoms with Crippen LogP contribution in [0.2, 0.25) is 0 Å². The highest BCUT2D eigenvalue weighted by Gasteiger charge is 2.44. The second-order valence-corrected chi connectivity index (χ2v) is 10.5. The van der Waals surface area contributed by atoms with Gasteiger partial charge in [0.25, 0.3) is 17.5 Å². The fourth-order valence-corrected chi connectivity index (χ4v) is 6.02. The summed E-state index contributed by atoms with van der Waals surface area (Å²) in [5.41, 5.74) is -0.343. The SMILES string of the molecule is CC(=O)N[C@@H]1[C@@H](O)[C@H](O)[C@@H](CO)O[C@H]1SCCCNCCN1C(=O)c2cccc3c([N+](=O)[O-])ccc(c23)C1=O. The molecule has 210 valence electrons. The molecule has 0 bridgehead atoms. The van der Waals surface area contributed by atoms with Gasteiger partial charge in [0.2, 0.25) is 5.91 Å². The number of hydrogen-bond donors (Lipinski definition) is 5. The molecule has 13 nitrogen and oxygen atoms in total. The van der Waals surface area contributed by atoms with E-state index >= 15 is 0 Å². The van der Waals surface area contributed by atoms with Gasteiger partial charge in [0.15, 0.2) is 0 Å². The van der Waals surface area contributed by atoms with Crippen LogP contribution in [0.15, 0.2) is 30.3 Å². The van der Waals surface area contributed by atoms with E-state index in [0.717, 1.165) is 4.90 Å². The van der Waals surface area contributed by atoms with Crippen LogP contribution in [0.4, 0.5) is 5.69 Å². The molecule has 2 aromatic carbocycles. The summed E-state index contributed by atoms with van der Waals surface area (Å²) >= 11 is 1.33. The molecule has 0 aliphatic carbocycles. The Bertz CT molecular complexity index is 1250. The standard InChI is InChI=1S/C25H30N4O9S/c1-13(31)27-20-22(33)21(32)18(12-30)38-25(20)39-11-3-8-26-9-10-28-23(34)15-5-2-4-14-17(29(36)37)7-6-16(19(14)15)24(28)35/h2,4-7,18,20-22,25-26,30,32-33H,3,8-12H2,1H3,(H,27,31)/t18-,20-,21-,22-,25+/m1/s1. The Kier molecular flexibility index (Phi) is 9.15. The van der Waals surface area contributed by atoms with Crippen LogP contribution in [0, 0.1) is 10.1 Å². The Labute approximate surface area is 227 Å². The van der Waals surface area contributed by atoms with Gasteiger partial charge < -0.3 is 30.7 Å². The van der Waals surface area contributed by atoms with E-state index in [4.69, 9.17) is 4.74 Å². The Hall–Kier alpha value is -3.14. The maximum Gasteiger partial charge on any atom is 0.277 e. The maximum atomic E-state index is 13.0. The van der Waals surface area contributed by atoms with Crippen molar-refractivity contribution in [2.24, 2.45) is 0 Å². The van der Waals surface area contributed by atoms with Crippen LogP contribution in [-0.2, 0) is 9.53 Å². The number of thioether (sulfide) groups is 1. The zero-order valence-corrected chi connectivity index (χ0v) is 21.9. The molecule has 39 heavy (non-hydrogen) atoms. The lowest BCUT2D eigenvalue weighted by molar-refractivity contribution is -0.383. The highest BCUT2D eigenvalue weighted by Crippen LogP contribution is 2.35. The number of imide groups is 1. The van der Waals surface area contributed by atoms with Crippen LogP contribution in [0.3, 0.4) is 0 Å². The Morgan fingerprint density at radius 3 is 2.51 bits per heavy atom. The average molecular weight is 563 g/mol. The molecule has 14 heteroatoms. The van der Waals surface area contributed by atoms with Gasteiger partial charge in [-0.05, 0) is 36.9 Å². The summed E-state index contributed by atoms with van der Waals surface area (Å²) in [4.78, 5) is 49.6. The molecule has 2 aliphatic rings. The van der Waals surface area contributed by atoms with Gasteiger partial charge in [-0.1, -0.05) is 6.07 Å². The summed E-state index contributed by atoms with van der Waals surface area (Å²) in [5.74, 6) is -0.838.